The number of Topliss-reactive ketones (excluding diaryl/α,β-unsaturated/α-hetero) is 1. The van der Waals surface area contributed by atoms with E-state index in [9.17, 15) is 4.79 Å². The Hall–Kier alpha value is -3.30. The van der Waals surface area contributed by atoms with Gasteiger partial charge in [-0.05, 0) is 31.0 Å². The van der Waals surface area contributed by atoms with Gasteiger partial charge in [-0.15, -0.1) is 0 Å². The number of anilines is 2. The van der Waals surface area contributed by atoms with Crippen molar-refractivity contribution in [1.29, 1.82) is 0 Å². The highest BCUT2D eigenvalue weighted by atomic mass is 32.1. The summed E-state index contributed by atoms with van der Waals surface area (Å²) in [5.41, 5.74) is 16.3. The molecule has 1 atom stereocenters. The summed E-state index contributed by atoms with van der Waals surface area (Å²) in [5.74, 6) is -0.112. The molecule has 0 unspecified atom stereocenters. The van der Waals surface area contributed by atoms with Gasteiger partial charge in [0.15, 0.2) is 5.78 Å². The van der Waals surface area contributed by atoms with Crippen LogP contribution in [0.15, 0.2) is 49.2 Å². The van der Waals surface area contributed by atoms with E-state index in [0.717, 1.165) is 48.4 Å². The fourth-order valence-electron chi connectivity index (χ4n) is 4.05. The average Bonchev–Trinajstić information content (AvgIpc) is 3.40. The molecule has 0 amide bonds. The van der Waals surface area contributed by atoms with Crippen molar-refractivity contribution in [3.05, 3.63) is 60.4 Å². The number of thiazole rings is 1. The van der Waals surface area contributed by atoms with Gasteiger partial charge in [-0.25, -0.2) is 9.97 Å². The predicted octanol–water partition coefficient (Wildman–Crippen LogP) is 2.79. The van der Waals surface area contributed by atoms with Gasteiger partial charge in [0.2, 0.25) is 0 Å². The molecule has 4 aromatic heterocycles. The first-order valence-electron chi connectivity index (χ1n) is 10.2. The van der Waals surface area contributed by atoms with Crippen LogP contribution in [0, 0.1) is 0 Å². The second kappa shape index (κ2) is 8.09. The van der Waals surface area contributed by atoms with Crippen molar-refractivity contribution >= 4 is 33.5 Å². The van der Waals surface area contributed by atoms with Gasteiger partial charge < -0.3 is 20.8 Å². The summed E-state index contributed by atoms with van der Waals surface area (Å²) in [7, 11) is 0. The second-order valence-corrected chi connectivity index (χ2v) is 8.83. The smallest absolute Gasteiger partial charge is 0.188 e. The topological polar surface area (TPSA) is 115 Å². The number of imidazole rings is 1. The number of rotatable bonds is 5. The molecule has 0 spiro atoms. The first-order valence-corrected chi connectivity index (χ1v) is 11.1. The molecule has 31 heavy (non-hydrogen) atoms. The first kappa shape index (κ1) is 19.7. The van der Waals surface area contributed by atoms with Crippen molar-refractivity contribution in [2.45, 2.75) is 25.3 Å². The molecule has 4 N–H and O–H groups in total. The van der Waals surface area contributed by atoms with Gasteiger partial charge in [-0.1, -0.05) is 11.3 Å². The van der Waals surface area contributed by atoms with Crippen LogP contribution in [0.5, 0.6) is 0 Å². The molecule has 5 rings (SSSR count). The van der Waals surface area contributed by atoms with Crippen LogP contribution < -0.4 is 16.4 Å². The van der Waals surface area contributed by atoms with Gasteiger partial charge in [-0.2, -0.15) is 0 Å². The molecule has 1 saturated heterocycles. The van der Waals surface area contributed by atoms with Gasteiger partial charge >= 0.3 is 0 Å². The zero-order chi connectivity index (χ0) is 21.4. The van der Waals surface area contributed by atoms with Crippen LogP contribution in [-0.4, -0.2) is 44.3 Å². The zero-order valence-electron chi connectivity index (χ0n) is 16.9. The maximum atomic E-state index is 13.1. The van der Waals surface area contributed by atoms with E-state index in [1.165, 1.54) is 11.3 Å². The van der Waals surface area contributed by atoms with E-state index < -0.39 is 0 Å². The highest BCUT2D eigenvalue weighted by Gasteiger charge is 2.23. The van der Waals surface area contributed by atoms with E-state index in [0.29, 0.717) is 15.7 Å². The lowest BCUT2D eigenvalue weighted by atomic mass is 10.0. The van der Waals surface area contributed by atoms with Gasteiger partial charge in [0, 0.05) is 73.4 Å². The lowest BCUT2D eigenvalue weighted by molar-refractivity contribution is 0.0989. The summed E-state index contributed by atoms with van der Waals surface area (Å²) in [4.78, 5) is 28.4. The predicted molar refractivity (Wildman–Crippen MR) is 122 cm³/mol. The molecule has 8 nitrogen and oxygen atoms in total. The van der Waals surface area contributed by atoms with Crippen molar-refractivity contribution in [3.8, 4) is 10.6 Å². The number of fused-ring (bicyclic) bond motifs is 1. The molecule has 9 heteroatoms. The summed E-state index contributed by atoms with van der Waals surface area (Å²) in [5, 5.41) is 1.14. The number of carbonyl (C=O) groups is 1. The number of piperidine rings is 1. The van der Waals surface area contributed by atoms with Crippen LogP contribution in [-0.2, 0) is 6.42 Å². The highest BCUT2D eigenvalue weighted by Crippen LogP contribution is 2.32. The maximum absolute atomic E-state index is 13.1. The molecule has 4 aromatic rings. The van der Waals surface area contributed by atoms with Crippen LogP contribution >= 0.6 is 11.3 Å². The SMILES string of the molecule is Nc1sc(-c2ccc3nccn3c2)nc1C(=O)Cc1cnccc1N1CCC[C@H](N)C1. The van der Waals surface area contributed by atoms with Crippen molar-refractivity contribution in [2.75, 3.05) is 23.7 Å². The number of pyridine rings is 2. The Labute approximate surface area is 183 Å². The number of hydrogen-bond acceptors (Lipinski definition) is 8. The molecule has 0 saturated carbocycles. The molecule has 0 bridgehead atoms. The third kappa shape index (κ3) is 3.89. The van der Waals surface area contributed by atoms with Gasteiger partial charge in [0.1, 0.15) is 21.3 Å². The standard InChI is InChI=1S/C22H23N7OS/c23-16-2-1-8-28(13-16)17-5-6-25-11-15(17)10-18(30)20-21(24)31-22(27-20)14-3-4-19-26-7-9-29(19)12-14/h3-7,9,11-12,16H,1-2,8,10,13,23-24H2/t16-/m0/s1. The quantitative estimate of drug-likeness (QED) is 0.465. The Morgan fingerprint density at radius 2 is 2.16 bits per heavy atom. The summed E-state index contributed by atoms with van der Waals surface area (Å²) < 4.78 is 1.92. The molecule has 1 aliphatic rings. The van der Waals surface area contributed by atoms with Crippen molar-refractivity contribution in [1.82, 2.24) is 19.4 Å². The fraction of sp³-hybridized carbons (Fsp3) is 0.273. The van der Waals surface area contributed by atoms with Crippen LogP contribution in [0.2, 0.25) is 0 Å². The highest BCUT2D eigenvalue weighted by molar-refractivity contribution is 7.19. The normalized spacial score (nSPS) is 16.7. The molecular weight excluding hydrogens is 410 g/mol. The van der Waals surface area contributed by atoms with E-state index in [-0.39, 0.29) is 18.2 Å². The zero-order valence-corrected chi connectivity index (χ0v) is 17.8. The van der Waals surface area contributed by atoms with E-state index >= 15 is 0 Å². The van der Waals surface area contributed by atoms with Crippen LogP contribution in [0.3, 0.4) is 0 Å². The number of nitrogen functional groups attached to an aromatic ring is 1. The van der Waals surface area contributed by atoms with Crippen LogP contribution in [0.4, 0.5) is 10.7 Å². The lowest BCUT2D eigenvalue weighted by Crippen LogP contribution is -2.43. The number of ketones is 1. The van der Waals surface area contributed by atoms with Gasteiger partial charge in [0.05, 0.1) is 0 Å². The summed E-state index contributed by atoms with van der Waals surface area (Å²) in [6, 6.07) is 5.96. The number of aromatic nitrogens is 4. The van der Waals surface area contributed by atoms with Crippen molar-refractivity contribution < 1.29 is 4.79 Å². The number of nitrogens with zero attached hydrogens (tertiary/aromatic N) is 5. The maximum Gasteiger partial charge on any atom is 0.188 e. The average molecular weight is 434 g/mol. The minimum Gasteiger partial charge on any atom is -0.389 e. The first-order chi connectivity index (χ1) is 15.1. The molecule has 0 aliphatic carbocycles. The minimum absolute atomic E-state index is 0.112. The molecule has 0 aromatic carbocycles. The van der Waals surface area contributed by atoms with Crippen LogP contribution in [0.25, 0.3) is 16.2 Å². The third-order valence-electron chi connectivity index (χ3n) is 5.58. The van der Waals surface area contributed by atoms with Crippen molar-refractivity contribution in [3.63, 3.8) is 0 Å². The Balaban J connectivity index is 1.40. The molecule has 158 valence electrons. The third-order valence-corrected chi connectivity index (χ3v) is 6.51. The molecule has 5 heterocycles. The van der Waals surface area contributed by atoms with Crippen LogP contribution in [0.1, 0.15) is 28.9 Å². The van der Waals surface area contributed by atoms with Crippen molar-refractivity contribution in [2.24, 2.45) is 5.73 Å². The summed E-state index contributed by atoms with van der Waals surface area (Å²) >= 11 is 1.32. The Kier molecular flexibility index (Phi) is 5.13. The van der Waals surface area contributed by atoms with Gasteiger partial charge in [0.25, 0.3) is 0 Å². The van der Waals surface area contributed by atoms with Gasteiger partial charge in [-0.3, -0.25) is 9.78 Å². The fourth-order valence-corrected chi connectivity index (χ4v) is 4.89. The van der Waals surface area contributed by atoms with E-state index in [1.807, 2.05) is 35.0 Å². The largest absolute Gasteiger partial charge is 0.389 e. The lowest BCUT2D eigenvalue weighted by Gasteiger charge is -2.33. The monoisotopic (exact) mass is 433 g/mol. The van der Waals surface area contributed by atoms with E-state index in [4.69, 9.17) is 11.5 Å². The number of carbonyl (C=O) groups excluding carboxylic acids is 1. The summed E-state index contributed by atoms with van der Waals surface area (Å²) in [6.07, 6.45) is 11.3. The second-order valence-electron chi connectivity index (χ2n) is 7.80. The number of hydrogen-bond donors (Lipinski definition) is 2. The molecular formula is C22H23N7OS. The van der Waals surface area contributed by atoms with E-state index in [2.05, 4.69) is 19.9 Å². The summed E-state index contributed by atoms with van der Waals surface area (Å²) in [6.45, 7) is 1.71. The minimum atomic E-state index is -0.112. The molecule has 1 fully saturated rings. The molecule has 0 radical (unpaired) electrons. The Morgan fingerprint density at radius 3 is 3.03 bits per heavy atom. The van der Waals surface area contributed by atoms with E-state index in [1.54, 1.807) is 18.6 Å². The number of nitrogens with two attached hydrogens (primary N) is 2. The molecule has 1 aliphatic heterocycles. The Morgan fingerprint density at radius 1 is 1.26 bits per heavy atom. The Bertz CT molecular complexity index is 1250.